The van der Waals surface area contributed by atoms with E-state index >= 15 is 0 Å². The number of rotatable bonds is 8. The molecule has 0 radical (unpaired) electrons. The Morgan fingerprint density at radius 1 is 1.11 bits per heavy atom. The lowest BCUT2D eigenvalue weighted by Crippen LogP contribution is -2.48. The molecule has 0 bridgehead atoms. The minimum Gasteiger partial charge on any atom is -0.339 e. The maximum atomic E-state index is 12.7. The Kier molecular flexibility index (Phi) is 7.57. The van der Waals surface area contributed by atoms with Crippen LogP contribution in [0.1, 0.15) is 36.7 Å². The lowest BCUT2D eigenvalue weighted by molar-refractivity contribution is -0.130. The molecule has 0 saturated carbocycles. The molecule has 3 rings (SSSR count). The van der Waals surface area contributed by atoms with E-state index in [9.17, 15) is 4.79 Å². The molecule has 0 atom stereocenters. The van der Waals surface area contributed by atoms with Gasteiger partial charge in [0, 0.05) is 45.0 Å². The summed E-state index contributed by atoms with van der Waals surface area (Å²) in [5, 5.41) is 0.986. The third kappa shape index (κ3) is 5.39. The minimum atomic E-state index is 0.227. The fourth-order valence-corrected chi connectivity index (χ4v) is 4.55. The number of benzene rings is 1. The predicted octanol–water partition coefficient (Wildman–Crippen LogP) is 3.74. The lowest BCUT2D eigenvalue weighted by atomic mass is 10.2. The van der Waals surface area contributed by atoms with Crippen LogP contribution in [0.4, 0.5) is 0 Å². The lowest BCUT2D eigenvalue weighted by Gasteiger charge is -2.34. The number of thioether (sulfide) groups is 1. The Bertz CT molecular complexity index is 766. The van der Waals surface area contributed by atoms with Gasteiger partial charge in [-0.1, -0.05) is 55.4 Å². The number of carbonyl (C=O) groups excluding carboxylic acids is 1. The van der Waals surface area contributed by atoms with Crippen molar-refractivity contribution < 1.29 is 4.79 Å². The van der Waals surface area contributed by atoms with Gasteiger partial charge in [0.2, 0.25) is 5.91 Å². The Hall–Kier alpha value is -1.79. The first-order valence-electron chi connectivity index (χ1n) is 10.3. The molecule has 1 aromatic heterocycles. The van der Waals surface area contributed by atoms with Gasteiger partial charge in [-0.25, -0.2) is 4.98 Å². The van der Waals surface area contributed by atoms with Crippen LogP contribution in [0.3, 0.4) is 0 Å². The predicted molar refractivity (Wildman–Crippen MR) is 116 cm³/mol. The Labute approximate surface area is 173 Å². The molecule has 2 aromatic rings. The normalized spacial score (nSPS) is 15.2. The highest BCUT2D eigenvalue weighted by atomic mass is 32.2. The molecular weight excluding hydrogens is 368 g/mol. The summed E-state index contributed by atoms with van der Waals surface area (Å²) in [7, 11) is 0. The molecule has 1 aromatic carbocycles. The summed E-state index contributed by atoms with van der Waals surface area (Å²) in [4.78, 5) is 21.8. The minimum absolute atomic E-state index is 0.227. The second-order valence-electron chi connectivity index (χ2n) is 7.50. The van der Waals surface area contributed by atoms with Gasteiger partial charge < -0.3 is 9.47 Å². The number of nitrogens with zero attached hydrogens (tertiary/aromatic N) is 4. The van der Waals surface area contributed by atoms with Crippen LogP contribution >= 0.6 is 11.8 Å². The van der Waals surface area contributed by atoms with Crippen LogP contribution < -0.4 is 0 Å². The molecule has 5 nitrogen and oxygen atoms in total. The summed E-state index contributed by atoms with van der Waals surface area (Å²) < 4.78 is 2.27. The van der Waals surface area contributed by atoms with Crippen molar-refractivity contribution in [2.45, 2.75) is 51.9 Å². The fourth-order valence-electron chi connectivity index (χ4n) is 3.53. The second kappa shape index (κ2) is 10.1. The number of aryl methyl sites for hydroxylation is 1. The second-order valence-corrected chi connectivity index (χ2v) is 8.44. The first kappa shape index (κ1) is 20.9. The number of carbonyl (C=O) groups is 1. The highest BCUT2D eigenvalue weighted by molar-refractivity contribution is 7.99. The van der Waals surface area contributed by atoms with E-state index in [2.05, 4.69) is 59.5 Å². The van der Waals surface area contributed by atoms with E-state index in [4.69, 9.17) is 0 Å². The van der Waals surface area contributed by atoms with E-state index in [1.807, 2.05) is 11.0 Å². The summed E-state index contributed by atoms with van der Waals surface area (Å²) in [6.45, 7) is 11.8. The average molecular weight is 401 g/mol. The molecule has 0 aliphatic carbocycles. The van der Waals surface area contributed by atoms with Crippen molar-refractivity contribution in [3.8, 4) is 0 Å². The van der Waals surface area contributed by atoms with E-state index in [1.165, 1.54) is 11.3 Å². The number of aromatic nitrogens is 2. The van der Waals surface area contributed by atoms with E-state index in [-0.39, 0.29) is 5.91 Å². The monoisotopic (exact) mass is 400 g/mol. The molecule has 1 amide bonds. The third-order valence-electron chi connectivity index (χ3n) is 5.46. The summed E-state index contributed by atoms with van der Waals surface area (Å²) in [5.74, 6) is 0.700. The molecule has 0 N–H and O–H groups in total. The Morgan fingerprint density at radius 3 is 2.50 bits per heavy atom. The maximum Gasteiger partial charge on any atom is 0.233 e. The molecule has 1 aliphatic rings. The Morgan fingerprint density at radius 2 is 1.82 bits per heavy atom. The zero-order valence-electron chi connectivity index (χ0n) is 17.4. The van der Waals surface area contributed by atoms with E-state index < -0.39 is 0 Å². The van der Waals surface area contributed by atoms with Crippen molar-refractivity contribution in [2.24, 2.45) is 0 Å². The summed E-state index contributed by atoms with van der Waals surface area (Å²) >= 11 is 1.58. The van der Waals surface area contributed by atoms with Crippen LogP contribution in [0.15, 0.2) is 35.5 Å². The van der Waals surface area contributed by atoms with Crippen molar-refractivity contribution in [1.29, 1.82) is 0 Å². The van der Waals surface area contributed by atoms with Gasteiger partial charge in [-0.3, -0.25) is 9.69 Å². The van der Waals surface area contributed by atoms with E-state index in [0.29, 0.717) is 5.75 Å². The van der Waals surface area contributed by atoms with Crippen LogP contribution in [0.25, 0.3) is 0 Å². The van der Waals surface area contributed by atoms with Gasteiger partial charge in [0.15, 0.2) is 5.16 Å². The highest BCUT2D eigenvalue weighted by Gasteiger charge is 2.22. The Balaban J connectivity index is 1.48. The van der Waals surface area contributed by atoms with Crippen LogP contribution in [-0.2, 0) is 17.9 Å². The molecule has 1 aliphatic heterocycles. The van der Waals surface area contributed by atoms with Crippen molar-refractivity contribution in [3.05, 3.63) is 47.3 Å². The zero-order chi connectivity index (χ0) is 19.9. The van der Waals surface area contributed by atoms with Gasteiger partial charge >= 0.3 is 0 Å². The molecule has 2 heterocycles. The SMILES string of the molecule is CCCCn1c(SCC(=O)N2CCN(Cc3ccccc3)CC2)nc(C)c1C. The molecule has 1 fully saturated rings. The molecule has 28 heavy (non-hydrogen) atoms. The average Bonchev–Trinajstić information content (AvgIpc) is 2.99. The molecule has 152 valence electrons. The summed E-state index contributed by atoms with van der Waals surface area (Å²) in [5.41, 5.74) is 3.63. The van der Waals surface area contributed by atoms with Crippen LogP contribution in [0, 0.1) is 13.8 Å². The number of amides is 1. The van der Waals surface area contributed by atoms with Gasteiger partial charge in [0.05, 0.1) is 11.4 Å². The first-order chi connectivity index (χ1) is 13.6. The molecule has 6 heteroatoms. The standard InChI is InChI=1S/C22H32N4OS/c1-4-5-11-26-19(3)18(2)23-22(26)28-17-21(27)25-14-12-24(13-15-25)16-20-9-7-6-8-10-20/h6-10H,4-5,11-17H2,1-3H3. The number of hydrogen-bond acceptors (Lipinski definition) is 4. The summed E-state index contributed by atoms with van der Waals surface area (Å²) in [6.07, 6.45) is 2.30. The molecule has 0 spiro atoms. The molecule has 0 unspecified atom stereocenters. The smallest absolute Gasteiger partial charge is 0.233 e. The van der Waals surface area contributed by atoms with Gasteiger partial charge in [0.25, 0.3) is 0 Å². The van der Waals surface area contributed by atoms with Gasteiger partial charge in [0.1, 0.15) is 0 Å². The third-order valence-corrected chi connectivity index (χ3v) is 6.42. The first-order valence-corrected chi connectivity index (χ1v) is 11.3. The molecule has 1 saturated heterocycles. The quantitative estimate of drug-likeness (QED) is 0.633. The topological polar surface area (TPSA) is 41.4 Å². The van der Waals surface area contributed by atoms with Gasteiger partial charge in [-0.05, 0) is 25.8 Å². The van der Waals surface area contributed by atoms with Crippen LogP contribution in [-0.4, -0.2) is 57.2 Å². The highest BCUT2D eigenvalue weighted by Crippen LogP contribution is 2.22. The van der Waals surface area contributed by atoms with Crippen molar-refractivity contribution in [1.82, 2.24) is 19.4 Å². The number of hydrogen-bond donors (Lipinski definition) is 0. The van der Waals surface area contributed by atoms with Gasteiger partial charge in [-0.2, -0.15) is 0 Å². The van der Waals surface area contributed by atoms with Crippen LogP contribution in [0.2, 0.25) is 0 Å². The number of piperazine rings is 1. The van der Waals surface area contributed by atoms with Crippen molar-refractivity contribution in [3.63, 3.8) is 0 Å². The van der Waals surface area contributed by atoms with Crippen molar-refractivity contribution >= 4 is 17.7 Å². The van der Waals surface area contributed by atoms with Crippen molar-refractivity contribution in [2.75, 3.05) is 31.9 Å². The van der Waals surface area contributed by atoms with E-state index in [0.717, 1.165) is 63.0 Å². The number of unbranched alkanes of at least 4 members (excludes halogenated alkanes) is 1. The fraction of sp³-hybridized carbons (Fsp3) is 0.545. The summed E-state index contributed by atoms with van der Waals surface area (Å²) in [6, 6.07) is 10.5. The van der Waals surface area contributed by atoms with Gasteiger partial charge in [-0.15, -0.1) is 0 Å². The zero-order valence-corrected chi connectivity index (χ0v) is 18.2. The maximum absolute atomic E-state index is 12.7. The molecular formula is C22H32N4OS. The van der Waals surface area contributed by atoms with E-state index in [1.54, 1.807) is 11.8 Å². The van der Waals surface area contributed by atoms with Crippen LogP contribution in [0.5, 0.6) is 0 Å². The number of imidazole rings is 1. The largest absolute Gasteiger partial charge is 0.339 e.